The van der Waals surface area contributed by atoms with Gasteiger partial charge < -0.3 is 5.73 Å². The van der Waals surface area contributed by atoms with Gasteiger partial charge in [0, 0.05) is 5.54 Å². The Balaban J connectivity index is 2.16. The monoisotopic (exact) mass is 271 g/mol. The van der Waals surface area contributed by atoms with Crippen LogP contribution < -0.4 is 5.73 Å². The van der Waals surface area contributed by atoms with Gasteiger partial charge in [0.05, 0.1) is 10.0 Å². The Morgan fingerprint density at radius 1 is 1.29 bits per heavy atom. The van der Waals surface area contributed by atoms with Crippen molar-refractivity contribution in [2.24, 2.45) is 11.7 Å². The van der Waals surface area contributed by atoms with Crippen LogP contribution in [-0.4, -0.2) is 5.54 Å². The van der Waals surface area contributed by atoms with E-state index in [4.69, 9.17) is 28.9 Å². The summed E-state index contributed by atoms with van der Waals surface area (Å²) in [5, 5.41) is 1.23. The number of benzene rings is 1. The minimum Gasteiger partial charge on any atom is -0.325 e. The van der Waals surface area contributed by atoms with Crippen LogP contribution in [0.15, 0.2) is 18.2 Å². The Labute approximate surface area is 113 Å². The molecule has 1 nitrogen and oxygen atoms in total. The lowest BCUT2D eigenvalue weighted by atomic mass is 9.71. The molecule has 94 valence electrons. The Morgan fingerprint density at radius 3 is 2.71 bits per heavy atom. The number of hydrogen-bond acceptors (Lipinski definition) is 1. The molecule has 2 N–H and O–H groups in total. The van der Waals surface area contributed by atoms with Crippen LogP contribution in [0.4, 0.5) is 0 Å². The Bertz CT molecular complexity index is 405. The summed E-state index contributed by atoms with van der Waals surface area (Å²) in [5.41, 5.74) is 7.66. The van der Waals surface area contributed by atoms with Gasteiger partial charge in [-0.1, -0.05) is 49.0 Å². The first-order valence-corrected chi connectivity index (χ1v) is 7.00. The van der Waals surface area contributed by atoms with Crippen LogP contribution in [0.3, 0.4) is 0 Å². The third-order valence-corrected chi connectivity index (χ3v) is 4.77. The average molecular weight is 272 g/mol. The zero-order chi connectivity index (χ0) is 12.5. The van der Waals surface area contributed by atoms with Crippen molar-refractivity contribution in [2.75, 3.05) is 0 Å². The van der Waals surface area contributed by atoms with Gasteiger partial charge in [-0.25, -0.2) is 0 Å². The highest BCUT2D eigenvalue weighted by Crippen LogP contribution is 2.35. The molecule has 1 aliphatic rings. The SMILES string of the molecule is CC1CCCCC1(N)Cc1ccc(Cl)c(Cl)c1. The predicted octanol–water partition coefficient (Wildman–Crippen LogP) is 4.44. The summed E-state index contributed by atoms with van der Waals surface area (Å²) in [6, 6.07) is 5.83. The highest BCUT2D eigenvalue weighted by molar-refractivity contribution is 6.42. The Hall–Kier alpha value is -0.240. The first-order chi connectivity index (χ1) is 8.01. The maximum absolute atomic E-state index is 6.55. The zero-order valence-corrected chi connectivity index (χ0v) is 11.7. The summed E-state index contributed by atoms with van der Waals surface area (Å²) in [5.74, 6) is 0.575. The number of rotatable bonds is 2. The van der Waals surface area contributed by atoms with Gasteiger partial charge in [0.2, 0.25) is 0 Å². The van der Waals surface area contributed by atoms with Crippen molar-refractivity contribution in [1.82, 2.24) is 0 Å². The fraction of sp³-hybridized carbons (Fsp3) is 0.571. The number of nitrogens with two attached hydrogens (primary N) is 1. The summed E-state index contributed by atoms with van der Waals surface area (Å²) in [6.45, 7) is 2.26. The molecule has 0 radical (unpaired) electrons. The second-order valence-electron chi connectivity index (χ2n) is 5.31. The van der Waals surface area contributed by atoms with E-state index in [0.29, 0.717) is 16.0 Å². The molecule has 0 bridgehead atoms. The summed E-state index contributed by atoms with van der Waals surface area (Å²) in [4.78, 5) is 0. The fourth-order valence-electron chi connectivity index (χ4n) is 2.73. The lowest BCUT2D eigenvalue weighted by Crippen LogP contribution is -2.49. The Morgan fingerprint density at radius 2 is 2.06 bits per heavy atom. The minimum atomic E-state index is -0.0740. The molecule has 0 amide bonds. The van der Waals surface area contributed by atoms with Crippen molar-refractivity contribution >= 4 is 23.2 Å². The molecule has 2 unspecified atom stereocenters. The predicted molar refractivity (Wildman–Crippen MR) is 74.7 cm³/mol. The van der Waals surface area contributed by atoms with Crippen molar-refractivity contribution in [1.29, 1.82) is 0 Å². The normalized spacial score (nSPS) is 29.3. The second-order valence-corrected chi connectivity index (χ2v) is 6.12. The highest BCUT2D eigenvalue weighted by atomic mass is 35.5. The molecule has 1 aromatic rings. The molecule has 0 heterocycles. The quantitative estimate of drug-likeness (QED) is 0.846. The molecular formula is C14H19Cl2N. The van der Waals surface area contributed by atoms with Crippen LogP contribution in [0.25, 0.3) is 0 Å². The Kier molecular flexibility index (Phi) is 4.02. The molecule has 1 saturated carbocycles. The molecule has 3 heteroatoms. The van der Waals surface area contributed by atoms with E-state index in [-0.39, 0.29) is 5.54 Å². The summed E-state index contributed by atoms with van der Waals surface area (Å²) < 4.78 is 0. The third-order valence-electron chi connectivity index (χ3n) is 4.03. The number of halogens is 2. The maximum atomic E-state index is 6.55. The van der Waals surface area contributed by atoms with Gasteiger partial charge in [-0.15, -0.1) is 0 Å². The van der Waals surface area contributed by atoms with Gasteiger partial charge in [-0.2, -0.15) is 0 Å². The van der Waals surface area contributed by atoms with Crippen molar-refractivity contribution < 1.29 is 0 Å². The second kappa shape index (κ2) is 5.17. The van der Waals surface area contributed by atoms with Crippen molar-refractivity contribution in [3.05, 3.63) is 33.8 Å². The van der Waals surface area contributed by atoms with Crippen LogP contribution in [0.5, 0.6) is 0 Å². The molecule has 0 aliphatic heterocycles. The van der Waals surface area contributed by atoms with E-state index in [1.165, 1.54) is 24.8 Å². The van der Waals surface area contributed by atoms with Gasteiger partial charge in [0.15, 0.2) is 0 Å². The molecule has 2 atom stereocenters. The maximum Gasteiger partial charge on any atom is 0.0595 e. The average Bonchev–Trinajstić information content (AvgIpc) is 2.28. The van der Waals surface area contributed by atoms with Crippen molar-refractivity contribution in [2.45, 2.75) is 44.6 Å². The lowest BCUT2D eigenvalue weighted by Gasteiger charge is -2.39. The van der Waals surface area contributed by atoms with E-state index >= 15 is 0 Å². The molecule has 2 rings (SSSR count). The van der Waals surface area contributed by atoms with Crippen LogP contribution in [0, 0.1) is 5.92 Å². The van der Waals surface area contributed by atoms with Crippen LogP contribution >= 0.6 is 23.2 Å². The van der Waals surface area contributed by atoms with E-state index in [1.54, 1.807) is 0 Å². The summed E-state index contributed by atoms with van der Waals surface area (Å²) in [6.07, 6.45) is 5.78. The topological polar surface area (TPSA) is 26.0 Å². The molecule has 0 aromatic heterocycles. The van der Waals surface area contributed by atoms with Gasteiger partial charge in [0.25, 0.3) is 0 Å². The van der Waals surface area contributed by atoms with Crippen LogP contribution in [0.1, 0.15) is 38.2 Å². The van der Waals surface area contributed by atoms with E-state index in [0.717, 1.165) is 12.8 Å². The van der Waals surface area contributed by atoms with E-state index < -0.39 is 0 Å². The van der Waals surface area contributed by atoms with Gasteiger partial charge >= 0.3 is 0 Å². The molecule has 0 saturated heterocycles. The van der Waals surface area contributed by atoms with Crippen LogP contribution in [0.2, 0.25) is 10.0 Å². The van der Waals surface area contributed by atoms with Crippen LogP contribution in [-0.2, 0) is 6.42 Å². The molecule has 1 aromatic carbocycles. The highest BCUT2D eigenvalue weighted by Gasteiger charge is 2.34. The largest absolute Gasteiger partial charge is 0.325 e. The van der Waals surface area contributed by atoms with Gasteiger partial charge in [0.1, 0.15) is 0 Å². The van der Waals surface area contributed by atoms with Gasteiger partial charge in [-0.3, -0.25) is 0 Å². The molecule has 0 spiro atoms. The van der Waals surface area contributed by atoms with E-state index in [2.05, 4.69) is 6.92 Å². The van der Waals surface area contributed by atoms with E-state index in [1.807, 2.05) is 18.2 Å². The summed E-state index contributed by atoms with van der Waals surface area (Å²) >= 11 is 12.0. The standard InChI is InChI=1S/C14H19Cl2N/c1-10-4-2-3-7-14(10,17)9-11-5-6-12(15)13(16)8-11/h5-6,8,10H,2-4,7,9,17H2,1H3. The number of hydrogen-bond donors (Lipinski definition) is 1. The molecule has 1 fully saturated rings. The fourth-order valence-corrected chi connectivity index (χ4v) is 3.05. The first-order valence-electron chi connectivity index (χ1n) is 6.24. The third kappa shape index (κ3) is 2.96. The molecule has 17 heavy (non-hydrogen) atoms. The van der Waals surface area contributed by atoms with Crippen molar-refractivity contribution in [3.63, 3.8) is 0 Å². The molecule has 1 aliphatic carbocycles. The van der Waals surface area contributed by atoms with E-state index in [9.17, 15) is 0 Å². The summed E-state index contributed by atoms with van der Waals surface area (Å²) in [7, 11) is 0. The smallest absolute Gasteiger partial charge is 0.0595 e. The lowest BCUT2D eigenvalue weighted by molar-refractivity contribution is 0.204. The van der Waals surface area contributed by atoms with Crippen molar-refractivity contribution in [3.8, 4) is 0 Å². The van der Waals surface area contributed by atoms with Gasteiger partial charge in [-0.05, 0) is 42.9 Å². The molecular weight excluding hydrogens is 253 g/mol. The zero-order valence-electron chi connectivity index (χ0n) is 10.2. The minimum absolute atomic E-state index is 0.0740. The first kappa shape index (κ1) is 13.2.